The highest BCUT2D eigenvalue weighted by atomic mass is 16.3. The molecule has 0 saturated heterocycles. The summed E-state index contributed by atoms with van der Waals surface area (Å²) in [5.41, 5.74) is 2.94. The van der Waals surface area contributed by atoms with Crippen molar-refractivity contribution in [2.24, 2.45) is 16.7 Å². The highest BCUT2D eigenvalue weighted by molar-refractivity contribution is 5.38. The zero-order chi connectivity index (χ0) is 15.4. The molecule has 0 aliphatic heterocycles. The third kappa shape index (κ3) is 2.11. The molecule has 2 aliphatic carbocycles. The minimum absolute atomic E-state index is 0.197. The summed E-state index contributed by atoms with van der Waals surface area (Å²) in [5.74, 6) is 1.27. The molecule has 4 unspecified atom stereocenters. The van der Waals surface area contributed by atoms with E-state index in [1.54, 1.807) is 0 Å². The number of phenols is 1. The molecule has 0 radical (unpaired) electrons. The van der Waals surface area contributed by atoms with E-state index in [1.807, 2.05) is 13.0 Å². The van der Waals surface area contributed by atoms with Gasteiger partial charge >= 0.3 is 0 Å². The maximum absolute atomic E-state index is 10.2. The van der Waals surface area contributed by atoms with E-state index in [0.717, 1.165) is 17.0 Å². The van der Waals surface area contributed by atoms with Gasteiger partial charge in [0, 0.05) is 17.6 Å². The summed E-state index contributed by atoms with van der Waals surface area (Å²) in [7, 11) is 0. The van der Waals surface area contributed by atoms with Crippen LogP contribution in [-0.4, -0.2) is 11.1 Å². The summed E-state index contributed by atoms with van der Waals surface area (Å²) in [4.78, 5) is 0. The molecule has 21 heavy (non-hydrogen) atoms. The van der Waals surface area contributed by atoms with Crippen molar-refractivity contribution in [2.75, 3.05) is 0 Å². The molecule has 1 aromatic carbocycles. The zero-order valence-corrected chi connectivity index (χ0v) is 14.0. The highest BCUT2D eigenvalue weighted by Crippen LogP contribution is 2.65. The predicted octanol–water partition coefficient (Wildman–Crippen LogP) is 4.57. The molecule has 2 fully saturated rings. The Morgan fingerprint density at radius 1 is 1.29 bits per heavy atom. The minimum Gasteiger partial charge on any atom is -0.508 e. The minimum atomic E-state index is 0.197. The fourth-order valence-electron chi connectivity index (χ4n) is 4.87. The van der Waals surface area contributed by atoms with Gasteiger partial charge in [0.05, 0.1) is 0 Å². The lowest BCUT2D eigenvalue weighted by atomic mass is 9.69. The zero-order valence-electron chi connectivity index (χ0n) is 14.0. The molecule has 0 heterocycles. The molecule has 2 heteroatoms. The second-order valence-corrected chi connectivity index (χ2v) is 8.11. The maximum Gasteiger partial charge on any atom is 0.120 e. The summed E-state index contributed by atoms with van der Waals surface area (Å²) in [5, 5.41) is 14.0. The normalized spacial score (nSPS) is 35.1. The molecule has 0 spiro atoms. The molecule has 2 aliphatic rings. The maximum atomic E-state index is 10.2. The van der Waals surface area contributed by atoms with Crippen LogP contribution in [0.25, 0.3) is 0 Å². The molecule has 2 bridgehead atoms. The second kappa shape index (κ2) is 4.74. The number of nitrogens with one attached hydrogen (secondary N) is 1. The number of hydrogen-bond acceptors (Lipinski definition) is 2. The van der Waals surface area contributed by atoms with E-state index < -0.39 is 0 Å². The van der Waals surface area contributed by atoms with E-state index in [9.17, 15) is 5.11 Å². The van der Waals surface area contributed by atoms with Crippen molar-refractivity contribution >= 4 is 0 Å². The van der Waals surface area contributed by atoms with E-state index in [0.29, 0.717) is 22.6 Å². The van der Waals surface area contributed by atoms with Crippen molar-refractivity contribution < 1.29 is 5.11 Å². The van der Waals surface area contributed by atoms with Crippen molar-refractivity contribution in [3.8, 4) is 5.75 Å². The molecule has 1 aromatic rings. The van der Waals surface area contributed by atoms with Crippen LogP contribution in [-0.2, 0) is 0 Å². The Balaban J connectivity index is 1.79. The van der Waals surface area contributed by atoms with Gasteiger partial charge in [-0.1, -0.05) is 32.9 Å². The first kappa shape index (κ1) is 14.9. The van der Waals surface area contributed by atoms with Gasteiger partial charge in [-0.3, -0.25) is 0 Å². The Kier molecular flexibility index (Phi) is 3.36. The molecule has 2 saturated carbocycles. The van der Waals surface area contributed by atoms with E-state index in [4.69, 9.17) is 0 Å². The standard InChI is InChI=1S/C19H29NO/c1-12-6-7-15(16(21)10-12)13(2)20-17-11-14-8-9-19(17,5)18(14,3)4/h6-7,10,13-14,17,20-21H,8-9,11H2,1-5H3. The number of aromatic hydroxyl groups is 1. The summed E-state index contributed by atoms with van der Waals surface area (Å²) in [6.45, 7) is 11.5. The van der Waals surface area contributed by atoms with Crippen molar-refractivity contribution in [1.82, 2.24) is 5.32 Å². The molecule has 116 valence electrons. The third-order valence-electron chi connectivity index (χ3n) is 6.90. The molecule has 2 N–H and O–H groups in total. The largest absolute Gasteiger partial charge is 0.508 e. The van der Waals surface area contributed by atoms with Gasteiger partial charge in [0.2, 0.25) is 0 Å². The SMILES string of the molecule is Cc1ccc(C(C)NC2CC3CCC2(C)C3(C)C)c(O)c1. The van der Waals surface area contributed by atoms with Gasteiger partial charge in [-0.2, -0.15) is 0 Å². The van der Waals surface area contributed by atoms with E-state index in [2.05, 4.69) is 45.1 Å². The second-order valence-electron chi connectivity index (χ2n) is 8.11. The van der Waals surface area contributed by atoms with Crippen molar-refractivity contribution in [3.05, 3.63) is 29.3 Å². The third-order valence-corrected chi connectivity index (χ3v) is 6.90. The van der Waals surface area contributed by atoms with Gasteiger partial charge in [-0.05, 0) is 61.5 Å². The number of rotatable bonds is 3. The van der Waals surface area contributed by atoms with Crippen molar-refractivity contribution in [3.63, 3.8) is 0 Å². The van der Waals surface area contributed by atoms with E-state index in [1.165, 1.54) is 19.3 Å². The predicted molar refractivity (Wildman–Crippen MR) is 87.4 cm³/mol. The van der Waals surface area contributed by atoms with Crippen LogP contribution in [0, 0.1) is 23.7 Å². The van der Waals surface area contributed by atoms with Crippen LogP contribution < -0.4 is 5.32 Å². The molecular formula is C19H29NO. The van der Waals surface area contributed by atoms with Gasteiger partial charge in [0.25, 0.3) is 0 Å². The van der Waals surface area contributed by atoms with E-state index in [-0.39, 0.29) is 6.04 Å². The summed E-state index contributed by atoms with van der Waals surface area (Å²) in [6.07, 6.45) is 3.99. The van der Waals surface area contributed by atoms with Gasteiger partial charge in [-0.25, -0.2) is 0 Å². The first-order valence-corrected chi connectivity index (χ1v) is 8.31. The van der Waals surface area contributed by atoms with Crippen LogP contribution in [0.3, 0.4) is 0 Å². The van der Waals surface area contributed by atoms with Gasteiger partial charge in [0.15, 0.2) is 0 Å². The number of fused-ring (bicyclic) bond motifs is 2. The average Bonchev–Trinajstić information content (AvgIpc) is 2.71. The van der Waals surface area contributed by atoms with Gasteiger partial charge in [-0.15, -0.1) is 0 Å². The molecular weight excluding hydrogens is 258 g/mol. The fourth-order valence-corrected chi connectivity index (χ4v) is 4.87. The number of phenolic OH excluding ortho intramolecular Hbond substituents is 1. The van der Waals surface area contributed by atoms with Crippen LogP contribution in [0.1, 0.15) is 64.1 Å². The monoisotopic (exact) mass is 287 g/mol. The average molecular weight is 287 g/mol. The highest BCUT2D eigenvalue weighted by Gasteiger charge is 2.61. The quantitative estimate of drug-likeness (QED) is 0.853. The Bertz CT molecular complexity index is 550. The van der Waals surface area contributed by atoms with Crippen LogP contribution in [0.5, 0.6) is 5.75 Å². The van der Waals surface area contributed by atoms with Crippen LogP contribution in [0.4, 0.5) is 0 Å². The number of aryl methyl sites for hydroxylation is 1. The summed E-state index contributed by atoms with van der Waals surface area (Å²) >= 11 is 0. The van der Waals surface area contributed by atoms with Crippen molar-refractivity contribution in [1.29, 1.82) is 0 Å². The Labute approximate surface area is 129 Å². The summed E-state index contributed by atoms with van der Waals surface area (Å²) in [6, 6.07) is 6.76. The topological polar surface area (TPSA) is 32.3 Å². The first-order chi connectivity index (χ1) is 9.75. The molecule has 0 amide bonds. The van der Waals surface area contributed by atoms with Crippen LogP contribution in [0.2, 0.25) is 0 Å². The lowest BCUT2D eigenvalue weighted by Crippen LogP contribution is -2.45. The molecule has 3 rings (SSSR count). The Morgan fingerprint density at radius 2 is 2.00 bits per heavy atom. The van der Waals surface area contributed by atoms with Crippen molar-refractivity contribution in [2.45, 2.75) is 66.0 Å². The van der Waals surface area contributed by atoms with Crippen LogP contribution in [0.15, 0.2) is 18.2 Å². The smallest absolute Gasteiger partial charge is 0.120 e. The molecule has 2 nitrogen and oxygen atoms in total. The van der Waals surface area contributed by atoms with Crippen LogP contribution >= 0.6 is 0 Å². The lowest BCUT2D eigenvalue weighted by molar-refractivity contribution is 0.116. The first-order valence-electron chi connectivity index (χ1n) is 8.31. The molecule has 4 atom stereocenters. The molecule has 0 aromatic heterocycles. The summed E-state index contributed by atoms with van der Waals surface area (Å²) < 4.78 is 0. The van der Waals surface area contributed by atoms with Gasteiger partial charge in [0.1, 0.15) is 5.75 Å². The Morgan fingerprint density at radius 3 is 2.52 bits per heavy atom. The lowest BCUT2D eigenvalue weighted by Gasteiger charge is -2.41. The fraction of sp³-hybridized carbons (Fsp3) is 0.684. The number of hydrogen-bond donors (Lipinski definition) is 2. The number of benzene rings is 1. The van der Waals surface area contributed by atoms with Gasteiger partial charge < -0.3 is 10.4 Å². The van der Waals surface area contributed by atoms with E-state index >= 15 is 0 Å². The Hall–Kier alpha value is -1.02.